The largest absolute Gasteiger partial charge is 0.385 e. The Morgan fingerprint density at radius 2 is 2.30 bits per heavy atom. The Bertz CT molecular complexity index is 228. The molecule has 1 rings (SSSR count). The molecule has 1 aromatic rings. The molecule has 0 saturated carbocycles. The Hall–Kier alpha value is -0.830. The highest BCUT2D eigenvalue weighted by Crippen LogP contribution is 2.09. The molecule has 0 radical (unpaired) electrons. The van der Waals surface area contributed by atoms with Crippen molar-refractivity contribution in [1.82, 2.24) is 9.55 Å². The van der Waals surface area contributed by atoms with E-state index in [1.807, 2.05) is 24.7 Å². The van der Waals surface area contributed by atoms with E-state index in [0.29, 0.717) is 0 Å². The van der Waals surface area contributed by atoms with Crippen LogP contribution in [0.15, 0.2) is 6.20 Å². The van der Waals surface area contributed by atoms with Crippen LogP contribution in [0.3, 0.4) is 0 Å². The average molecular weight is 140 g/mol. The molecule has 0 saturated heterocycles. The van der Waals surface area contributed by atoms with Crippen LogP contribution in [-0.4, -0.2) is 14.7 Å². The van der Waals surface area contributed by atoms with Crippen molar-refractivity contribution in [3.8, 4) is 0 Å². The third kappa shape index (κ3) is 1.19. The fourth-order valence-corrected chi connectivity index (χ4v) is 1.02. The second-order valence-corrected chi connectivity index (χ2v) is 2.53. The zero-order valence-electron chi connectivity index (χ0n) is 6.50. The molecule has 1 N–H and O–H groups in total. The van der Waals surface area contributed by atoms with E-state index >= 15 is 0 Å². The molecule has 0 fully saturated rings. The van der Waals surface area contributed by atoms with Crippen LogP contribution in [0.1, 0.15) is 24.5 Å². The van der Waals surface area contributed by atoms with Crippen LogP contribution in [0.25, 0.3) is 0 Å². The Kier molecular flexibility index (Phi) is 1.76. The first-order chi connectivity index (χ1) is 4.61. The summed E-state index contributed by atoms with van der Waals surface area (Å²) < 4.78 is 1.83. The Labute approximate surface area is 60.3 Å². The molecule has 1 heterocycles. The summed E-state index contributed by atoms with van der Waals surface area (Å²) in [5, 5.41) is 9.13. The van der Waals surface area contributed by atoms with Gasteiger partial charge < -0.3 is 9.67 Å². The third-order valence-electron chi connectivity index (χ3n) is 1.41. The van der Waals surface area contributed by atoms with Crippen LogP contribution >= 0.6 is 0 Å². The van der Waals surface area contributed by atoms with E-state index in [2.05, 4.69) is 4.98 Å². The maximum atomic E-state index is 9.13. The third-order valence-corrected chi connectivity index (χ3v) is 1.41. The lowest BCUT2D eigenvalue weighted by Gasteiger charge is -2.01. The van der Waals surface area contributed by atoms with Crippen molar-refractivity contribution in [2.75, 3.05) is 0 Å². The lowest BCUT2D eigenvalue weighted by Crippen LogP contribution is -2.00. The smallest absolute Gasteiger partial charge is 0.137 e. The summed E-state index contributed by atoms with van der Waals surface area (Å²) >= 11 is 0. The van der Waals surface area contributed by atoms with Gasteiger partial charge >= 0.3 is 0 Å². The minimum atomic E-state index is -0.473. The number of nitrogens with zero attached hydrogens (tertiary/aromatic N) is 2. The molecular formula is C7H12N2O. The van der Waals surface area contributed by atoms with Gasteiger partial charge in [0.15, 0.2) is 0 Å². The van der Waals surface area contributed by atoms with E-state index in [-0.39, 0.29) is 0 Å². The van der Waals surface area contributed by atoms with Crippen LogP contribution in [0, 0.1) is 6.92 Å². The van der Waals surface area contributed by atoms with Crippen LogP contribution in [0.5, 0.6) is 0 Å². The number of hydrogen-bond acceptors (Lipinski definition) is 2. The molecule has 56 valence electrons. The summed E-state index contributed by atoms with van der Waals surface area (Å²) in [5.74, 6) is 0.720. The van der Waals surface area contributed by atoms with Gasteiger partial charge in [0, 0.05) is 13.2 Å². The Morgan fingerprint density at radius 1 is 1.70 bits per heavy atom. The second-order valence-electron chi connectivity index (χ2n) is 2.53. The molecule has 0 aliphatic carbocycles. The van der Waals surface area contributed by atoms with Crippen LogP contribution in [0.4, 0.5) is 0 Å². The van der Waals surface area contributed by atoms with Crippen molar-refractivity contribution >= 4 is 0 Å². The molecule has 1 aromatic heterocycles. The summed E-state index contributed by atoms with van der Waals surface area (Å²) in [5.41, 5.74) is 0.943. The van der Waals surface area contributed by atoms with Gasteiger partial charge in [0.2, 0.25) is 0 Å². The molecule has 0 spiro atoms. The number of aromatic nitrogens is 2. The monoisotopic (exact) mass is 140 g/mol. The maximum Gasteiger partial charge on any atom is 0.137 e. The van der Waals surface area contributed by atoms with Gasteiger partial charge in [0.05, 0.1) is 5.69 Å². The minimum Gasteiger partial charge on any atom is -0.385 e. The van der Waals surface area contributed by atoms with Crippen molar-refractivity contribution in [2.24, 2.45) is 7.05 Å². The van der Waals surface area contributed by atoms with Gasteiger partial charge in [-0.1, -0.05) is 0 Å². The van der Waals surface area contributed by atoms with Gasteiger partial charge in [-0.2, -0.15) is 0 Å². The predicted octanol–water partition coefficient (Wildman–Crippen LogP) is 0.782. The molecule has 1 atom stereocenters. The van der Waals surface area contributed by atoms with E-state index in [1.54, 1.807) is 6.92 Å². The second kappa shape index (κ2) is 2.42. The Morgan fingerprint density at radius 3 is 2.50 bits per heavy atom. The van der Waals surface area contributed by atoms with Crippen molar-refractivity contribution in [2.45, 2.75) is 20.0 Å². The number of rotatable bonds is 1. The first-order valence-corrected chi connectivity index (χ1v) is 3.29. The quantitative estimate of drug-likeness (QED) is 0.626. The highest BCUT2D eigenvalue weighted by molar-refractivity contribution is 5.02. The van der Waals surface area contributed by atoms with E-state index in [9.17, 15) is 0 Å². The normalized spacial score (nSPS) is 13.6. The number of imidazole rings is 1. The summed E-state index contributed by atoms with van der Waals surface area (Å²) in [4.78, 5) is 4.12. The maximum absolute atomic E-state index is 9.13. The highest BCUT2D eigenvalue weighted by atomic mass is 16.3. The average Bonchev–Trinajstić information content (AvgIpc) is 2.10. The predicted molar refractivity (Wildman–Crippen MR) is 38.6 cm³/mol. The summed E-state index contributed by atoms with van der Waals surface area (Å²) in [6.07, 6.45) is 1.42. The molecule has 1 unspecified atom stereocenters. The first kappa shape index (κ1) is 7.28. The molecule has 0 aliphatic rings. The topological polar surface area (TPSA) is 38.0 Å². The van der Waals surface area contributed by atoms with Gasteiger partial charge in [-0.15, -0.1) is 0 Å². The van der Waals surface area contributed by atoms with E-state index in [1.165, 1.54) is 0 Å². The number of hydrogen-bond donors (Lipinski definition) is 1. The Balaban J connectivity index is 3.03. The highest BCUT2D eigenvalue weighted by Gasteiger charge is 2.06. The number of aryl methyl sites for hydroxylation is 2. The molecule has 3 heteroatoms. The fourth-order valence-electron chi connectivity index (χ4n) is 1.02. The van der Waals surface area contributed by atoms with Gasteiger partial charge in [-0.05, 0) is 13.8 Å². The molecule has 0 amide bonds. The van der Waals surface area contributed by atoms with Crippen molar-refractivity contribution in [3.63, 3.8) is 0 Å². The summed E-state index contributed by atoms with van der Waals surface area (Å²) in [7, 11) is 1.88. The van der Waals surface area contributed by atoms with Crippen molar-refractivity contribution in [3.05, 3.63) is 17.7 Å². The molecular weight excluding hydrogens is 128 g/mol. The molecule has 0 bridgehead atoms. The van der Waals surface area contributed by atoms with Gasteiger partial charge in [0.25, 0.3) is 0 Å². The van der Waals surface area contributed by atoms with Crippen LogP contribution < -0.4 is 0 Å². The van der Waals surface area contributed by atoms with Gasteiger partial charge in [0.1, 0.15) is 11.9 Å². The molecule has 3 nitrogen and oxygen atoms in total. The summed E-state index contributed by atoms with van der Waals surface area (Å²) in [6.45, 7) is 3.62. The first-order valence-electron chi connectivity index (χ1n) is 3.29. The van der Waals surface area contributed by atoms with E-state index < -0.39 is 6.10 Å². The standard InChI is InChI=1S/C7H12N2O/c1-5-4-9(3)7(8-5)6(2)10/h4,6,10H,1-3H3. The number of aliphatic hydroxyl groups is 1. The van der Waals surface area contributed by atoms with Crippen LogP contribution in [0.2, 0.25) is 0 Å². The lowest BCUT2D eigenvalue weighted by atomic mass is 10.4. The van der Waals surface area contributed by atoms with E-state index in [4.69, 9.17) is 5.11 Å². The fraction of sp³-hybridized carbons (Fsp3) is 0.571. The van der Waals surface area contributed by atoms with E-state index in [0.717, 1.165) is 11.5 Å². The molecule has 10 heavy (non-hydrogen) atoms. The summed E-state index contributed by atoms with van der Waals surface area (Å²) in [6, 6.07) is 0. The SMILES string of the molecule is Cc1cn(C)c(C(C)O)n1. The van der Waals surface area contributed by atoms with Gasteiger partial charge in [-0.3, -0.25) is 0 Å². The molecule has 0 aromatic carbocycles. The lowest BCUT2D eigenvalue weighted by molar-refractivity contribution is 0.185. The van der Waals surface area contributed by atoms with Crippen LogP contribution in [-0.2, 0) is 7.05 Å². The zero-order chi connectivity index (χ0) is 7.72. The van der Waals surface area contributed by atoms with Crippen molar-refractivity contribution < 1.29 is 5.11 Å². The molecule has 0 aliphatic heterocycles. The van der Waals surface area contributed by atoms with Crippen molar-refractivity contribution in [1.29, 1.82) is 0 Å². The minimum absolute atomic E-state index is 0.473. The van der Waals surface area contributed by atoms with Gasteiger partial charge in [-0.25, -0.2) is 4.98 Å². The number of aliphatic hydroxyl groups excluding tert-OH is 1. The zero-order valence-corrected chi connectivity index (χ0v) is 6.50.